The average molecular weight is 471 g/mol. The maximum absolute atomic E-state index is 14.5. The Morgan fingerprint density at radius 1 is 1.11 bits per heavy atom. The van der Waals surface area contributed by atoms with Crippen LogP contribution in [0.4, 0.5) is 10.3 Å². The van der Waals surface area contributed by atoms with Crippen LogP contribution in [0, 0.1) is 12.7 Å². The van der Waals surface area contributed by atoms with Gasteiger partial charge >= 0.3 is 0 Å². The summed E-state index contributed by atoms with van der Waals surface area (Å²) in [6.07, 6.45) is 3.41. The van der Waals surface area contributed by atoms with E-state index >= 15 is 0 Å². The van der Waals surface area contributed by atoms with Gasteiger partial charge in [-0.2, -0.15) is 0 Å². The Bertz CT molecular complexity index is 1410. The van der Waals surface area contributed by atoms with Gasteiger partial charge in [0, 0.05) is 18.5 Å². The quantitative estimate of drug-likeness (QED) is 0.471. The third-order valence-corrected chi connectivity index (χ3v) is 6.09. The lowest BCUT2D eigenvalue weighted by molar-refractivity contribution is 0.0625. The van der Waals surface area contributed by atoms with E-state index in [0.29, 0.717) is 47.1 Å². The Labute approximate surface area is 201 Å². The lowest BCUT2D eigenvalue weighted by atomic mass is 9.88. The van der Waals surface area contributed by atoms with Gasteiger partial charge in [-0.05, 0) is 30.2 Å². The Kier molecular flexibility index (Phi) is 5.82. The molecule has 0 saturated heterocycles. The van der Waals surface area contributed by atoms with Crippen molar-refractivity contribution < 1.29 is 13.9 Å². The molecular weight excluding hydrogens is 447 g/mol. The number of hydrogen-bond acceptors (Lipinski definition) is 7. The molecule has 0 bridgehead atoms. The normalized spacial score (nSPS) is 15.1. The number of nitrogens with two attached hydrogens (primary N) is 1. The summed E-state index contributed by atoms with van der Waals surface area (Å²) in [6.45, 7) is 2.11. The minimum Gasteiger partial charge on any atom is -0.480 e. The van der Waals surface area contributed by atoms with Gasteiger partial charge in [-0.25, -0.2) is 19.3 Å². The van der Waals surface area contributed by atoms with Crippen LogP contribution in [0.1, 0.15) is 38.9 Å². The van der Waals surface area contributed by atoms with Crippen LogP contribution in [0.15, 0.2) is 60.9 Å². The SMILES string of the molecule is COc1cncc(-c2cc(F)ccc2[C@H]2Cc3nc(N)nc(C)c3C(=O)N2Cc2ccccc2)n1. The van der Waals surface area contributed by atoms with Gasteiger partial charge in [0.1, 0.15) is 5.82 Å². The number of anilines is 1. The lowest BCUT2D eigenvalue weighted by Crippen LogP contribution is -2.41. The molecule has 35 heavy (non-hydrogen) atoms. The first-order valence-electron chi connectivity index (χ1n) is 11.1. The number of methoxy groups -OCH3 is 1. The molecule has 2 aromatic heterocycles. The van der Waals surface area contributed by atoms with Crippen LogP contribution in [0.5, 0.6) is 5.88 Å². The number of aromatic nitrogens is 4. The second-order valence-corrected chi connectivity index (χ2v) is 8.31. The fraction of sp³-hybridized carbons (Fsp3) is 0.192. The van der Waals surface area contributed by atoms with Crippen LogP contribution in [0.3, 0.4) is 0 Å². The van der Waals surface area contributed by atoms with Gasteiger partial charge in [0.25, 0.3) is 5.91 Å². The zero-order chi connectivity index (χ0) is 24.5. The molecule has 9 heteroatoms. The summed E-state index contributed by atoms with van der Waals surface area (Å²) in [5.74, 6) is -0.208. The Morgan fingerprint density at radius 2 is 1.91 bits per heavy atom. The topological polar surface area (TPSA) is 107 Å². The van der Waals surface area contributed by atoms with Crippen molar-refractivity contribution in [3.8, 4) is 17.1 Å². The monoisotopic (exact) mass is 470 g/mol. The highest BCUT2D eigenvalue weighted by molar-refractivity contribution is 5.98. The molecule has 1 aliphatic heterocycles. The van der Waals surface area contributed by atoms with E-state index < -0.39 is 11.9 Å². The standard InChI is InChI=1S/C26H23FN6O2/c1-15-24-20(32-26(28)30-15)11-22(33(25(24)34)14-16-6-4-3-5-7-16)18-9-8-17(27)10-19(18)21-12-29-13-23(31-21)35-2/h3-10,12-13,22H,11,14H2,1-2H3,(H2,28,30,32)/t22-/m1/s1. The molecule has 0 aliphatic carbocycles. The number of carbonyl (C=O) groups excluding carboxylic acids is 1. The molecular formula is C26H23FN6O2. The van der Waals surface area contributed by atoms with Crippen molar-refractivity contribution >= 4 is 11.9 Å². The van der Waals surface area contributed by atoms with Gasteiger partial charge in [-0.15, -0.1) is 0 Å². The van der Waals surface area contributed by atoms with Gasteiger partial charge in [-0.3, -0.25) is 9.78 Å². The first kappa shape index (κ1) is 22.4. The first-order chi connectivity index (χ1) is 16.9. The van der Waals surface area contributed by atoms with Gasteiger partial charge in [0.2, 0.25) is 11.8 Å². The van der Waals surface area contributed by atoms with Crippen molar-refractivity contribution in [2.24, 2.45) is 0 Å². The molecule has 0 saturated carbocycles. The van der Waals surface area contributed by atoms with E-state index in [1.54, 1.807) is 24.1 Å². The molecule has 3 heterocycles. The predicted molar refractivity (Wildman–Crippen MR) is 128 cm³/mol. The summed E-state index contributed by atoms with van der Waals surface area (Å²) < 4.78 is 19.7. The molecule has 0 spiro atoms. The number of amides is 1. The second kappa shape index (κ2) is 9.09. The number of ether oxygens (including phenoxy) is 1. The lowest BCUT2D eigenvalue weighted by Gasteiger charge is -2.38. The second-order valence-electron chi connectivity index (χ2n) is 8.31. The van der Waals surface area contributed by atoms with Crippen LogP contribution < -0.4 is 10.5 Å². The minimum atomic E-state index is -0.451. The molecule has 0 radical (unpaired) electrons. The number of nitrogens with zero attached hydrogens (tertiary/aromatic N) is 5. The molecule has 1 amide bonds. The van der Waals surface area contributed by atoms with Crippen LogP contribution in [-0.4, -0.2) is 37.9 Å². The van der Waals surface area contributed by atoms with E-state index in [9.17, 15) is 9.18 Å². The summed E-state index contributed by atoms with van der Waals surface area (Å²) in [6, 6.07) is 13.7. The van der Waals surface area contributed by atoms with E-state index in [-0.39, 0.29) is 11.9 Å². The third-order valence-electron chi connectivity index (χ3n) is 6.09. The molecule has 0 unspecified atom stereocenters. The molecule has 176 valence electrons. The molecule has 1 atom stereocenters. The summed E-state index contributed by atoms with van der Waals surface area (Å²) in [4.78, 5) is 32.8. The zero-order valence-electron chi connectivity index (χ0n) is 19.3. The fourth-order valence-electron chi connectivity index (χ4n) is 4.52. The van der Waals surface area contributed by atoms with Crippen molar-refractivity contribution in [3.05, 3.63) is 94.8 Å². The third kappa shape index (κ3) is 4.28. The van der Waals surface area contributed by atoms with Gasteiger partial charge in [0.05, 0.1) is 48.2 Å². The summed E-state index contributed by atoms with van der Waals surface area (Å²) in [5.41, 5.74) is 10.1. The van der Waals surface area contributed by atoms with Crippen LogP contribution in [-0.2, 0) is 13.0 Å². The molecule has 5 rings (SSSR count). The summed E-state index contributed by atoms with van der Waals surface area (Å²) in [7, 11) is 1.49. The highest BCUT2D eigenvalue weighted by Gasteiger charge is 2.37. The van der Waals surface area contributed by atoms with E-state index in [1.165, 1.54) is 25.4 Å². The number of rotatable bonds is 5. The highest BCUT2D eigenvalue weighted by Crippen LogP contribution is 2.39. The molecule has 2 N–H and O–H groups in total. The predicted octanol–water partition coefficient (Wildman–Crippen LogP) is 3.91. The van der Waals surface area contributed by atoms with Gasteiger partial charge < -0.3 is 15.4 Å². The van der Waals surface area contributed by atoms with E-state index in [4.69, 9.17) is 10.5 Å². The summed E-state index contributed by atoms with van der Waals surface area (Å²) >= 11 is 0. The number of nitrogen functional groups attached to an aromatic ring is 1. The fourth-order valence-corrected chi connectivity index (χ4v) is 4.52. The van der Waals surface area contributed by atoms with Crippen LogP contribution in [0.25, 0.3) is 11.3 Å². The molecule has 8 nitrogen and oxygen atoms in total. The van der Waals surface area contributed by atoms with Crippen molar-refractivity contribution in [3.63, 3.8) is 0 Å². The Hall–Kier alpha value is -4.40. The zero-order valence-corrected chi connectivity index (χ0v) is 19.3. The van der Waals surface area contributed by atoms with Crippen molar-refractivity contribution in [2.75, 3.05) is 12.8 Å². The minimum absolute atomic E-state index is 0.113. The van der Waals surface area contributed by atoms with Crippen molar-refractivity contribution in [1.29, 1.82) is 0 Å². The maximum atomic E-state index is 14.5. The molecule has 0 fully saturated rings. The van der Waals surface area contributed by atoms with E-state index in [1.807, 2.05) is 30.3 Å². The first-order valence-corrected chi connectivity index (χ1v) is 11.1. The molecule has 4 aromatic rings. The maximum Gasteiger partial charge on any atom is 0.258 e. The van der Waals surface area contributed by atoms with Crippen molar-refractivity contribution in [2.45, 2.75) is 25.9 Å². The largest absolute Gasteiger partial charge is 0.480 e. The highest BCUT2D eigenvalue weighted by atomic mass is 19.1. The average Bonchev–Trinajstić information content (AvgIpc) is 2.86. The summed E-state index contributed by atoms with van der Waals surface area (Å²) in [5, 5.41) is 0. The number of fused-ring (bicyclic) bond motifs is 1. The number of halogens is 1. The van der Waals surface area contributed by atoms with E-state index in [0.717, 1.165) is 11.1 Å². The molecule has 2 aromatic carbocycles. The Morgan fingerprint density at radius 3 is 2.69 bits per heavy atom. The van der Waals surface area contributed by atoms with Crippen LogP contribution in [0.2, 0.25) is 0 Å². The van der Waals surface area contributed by atoms with E-state index in [2.05, 4.69) is 19.9 Å². The number of aryl methyl sites for hydroxylation is 1. The van der Waals surface area contributed by atoms with Gasteiger partial charge in [-0.1, -0.05) is 36.4 Å². The number of carbonyl (C=O) groups is 1. The Balaban J connectivity index is 1.68. The van der Waals surface area contributed by atoms with Crippen molar-refractivity contribution in [1.82, 2.24) is 24.8 Å². The van der Waals surface area contributed by atoms with Gasteiger partial charge in [0.15, 0.2) is 0 Å². The number of hydrogen-bond donors (Lipinski definition) is 1. The number of benzene rings is 2. The van der Waals surface area contributed by atoms with Crippen LogP contribution >= 0.6 is 0 Å². The smallest absolute Gasteiger partial charge is 0.258 e. The molecule has 1 aliphatic rings.